The van der Waals surface area contributed by atoms with Crippen LogP contribution in [0.15, 0.2) is 60.8 Å². The topological polar surface area (TPSA) is 66.2 Å². The number of pyridine rings is 1. The molecule has 6 nitrogen and oxygen atoms in total. The van der Waals surface area contributed by atoms with E-state index in [0.29, 0.717) is 17.4 Å². The zero-order valence-electron chi connectivity index (χ0n) is 20.5. The Balaban J connectivity index is 1.60. The van der Waals surface area contributed by atoms with Gasteiger partial charge in [0.25, 0.3) is 0 Å². The number of hydrogen-bond donors (Lipinski definition) is 0. The van der Waals surface area contributed by atoms with Gasteiger partial charge in [0.2, 0.25) is 0 Å². The van der Waals surface area contributed by atoms with Crippen LogP contribution in [0.3, 0.4) is 0 Å². The Morgan fingerprint density at radius 1 is 1.06 bits per heavy atom. The molecule has 4 aromatic rings. The highest BCUT2D eigenvalue weighted by atomic mass is 35.5. The van der Waals surface area contributed by atoms with Crippen molar-refractivity contribution in [1.82, 2.24) is 14.5 Å². The molecule has 4 rings (SSSR count). The Labute approximate surface area is 210 Å². The molecule has 0 aliphatic rings. The number of aryl methyl sites for hydroxylation is 1. The lowest BCUT2D eigenvalue weighted by Gasteiger charge is -2.19. The molecular formula is C28H30ClN3O3. The summed E-state index contributed by atoms with van der Waals surface area (Å²) in [5.74, 6) is 1.46. The summed E-state index contributed by atoms with van der Waals surface area (Å²) in [4.78, 5) is 21.3. The van der Waals surface area contributed by atoms with Crippen molar-refractivity contribution in [3.63, 3.8) is 0 Å². The van der Waals surface area contributed by atoms with Gasteiger partial charge in [0.1, 0.15) is 22.7 Å². The number of benzene rings is 2. The minimum absolute atomic E-state index is 0.454. The zero-order valence-corrected chi connectivity index (χ0v) is 21.3. The van der Waals surface area contributed by atoms with Crippen LogP contribution < -0.4 is 4.74 Å². The highest BCUT2D eigenvalue weighted by Crippen LogP contribution is 2.31. The summed E-state index contributed by atoms with van der Waals surface area (Å²) in [7, 11) is 0. The van der Waals surface area contributed by atoms with Crippen LogP contribution >= 0.6 is 11.6 Å². The van der Waals surface area contributed by atoms with Crippen LogP contribution in [0, 0.1) is 0 Å². The van der Waals surface area contributed by atoms with Crippen LogP contribution in [0.5, 0.6) is 5.75 Å². The van der Waals surface area contributed by atoms with Gasteiger partial charge in [0.05, 0.1) is 5.52 Å². The first kappa shape index (κ1) is 24.7. The van der Waals surface area contributed by atoms with E-state index in [4.69, 9.17) is 26.1 Å². The van der Waals surface area contributed by atoms with Crippen molar-refractivity contribution in [2.45, 2.75) is 59.1 Å². The summed E-state index contributed by atoms with van der Waals surface area (Å²) < 4.78 is 13.0. The lowest BCUT2D eigenvalue weighted by atomic mass is 10.0. The summed E-state index contributed by atoms with van der Waals surface area (Å²) >= 11 is 6.46. The van der Waals surface area contributed by atoms with Crippen LogP contribution in [0.4, 0.5) is 4.79 Å². The van der Waals surface area contributed by atoms with E-state index >= 15 is 0 Å². The standard InChI is InChI=1S/C28H30ClN3O3/c1-5-6-11-24-31-22-16-17-30-26(29)25(22)32(24)18-19-12-14-20(15-13-19)21-9-7-8-10-23(21)34-27(33)35-28(2,3)4/h7-10,12-17H,5-6,11,18H2,1-4H3. The van der Waals surface area contributed by atoms with E-state index < -0.39 is 11.8 Å². The highest BCUT2D eigenvalue weighted by molar-refractivity contribution is 6.33. The fourth-order valence-electron chi connectivity index (χ4n) is 3.91. The number of ether oxygens (including phenoxy) is 2. The van der Waals surface area contributed by atoms with Gasteiger partial charge in [-0.25, -0.2) is 14.8 Å². The van der Waals surface area contributed by atoms with Gasteiger partial charge in [-0.2, -0.15) is 0 Å². The molecular weight excluding hydrogens is 462 g/mol. The van der Waals surface area contributed by atoms with Gasteiger partial charge in [-0.3, -0.25) is 0 Å². The Morgan fingerprint density at radius 2 is 1.80 bits per heavy atom. The molecule has 0 aliphatic carbocycles. The second-order valence-corrected chi connectivity index (χ2v) is 9.80. The second kappa shape index (κ2) is 10.5. The maximum atomic E-state index is 12.2. The summed E-state index contributed by atoms with van der Waals surface area (Å²) in [6.45, 7) is 8.22. The molecule has 0 saturated carbocycles. The monoisotopic (exact) mass is 491 g/mol. The fourth-order valence-corrected chi connectivity index (χ4v) is 4.17. The van der Waals surface area contributed by atoms with Crippen LogP contribution in [0.1, 0.15) is 51.9 Å². The summed E-state index contributed by atoms with van der Waals surface area (Å²) in [6.07, 6.45) is 4.00. The molecule has 35 heavy (non-hydrogen) atoms. The number of fused-ring (bicyclic) bond motifs is 1. The number of nitrogens with zero attached hydrogens (tertiary/aromatic N) is 3. The average Bonchev–Trinajstić information content (AvgIpc) is 3.16. The van der Waals surface area contributed by atoms with E-state index in [1.165, 1.54) is 0 Å². The third-order valence-corrected chi connectivity index (χ3v) is 5.80. The Hall–Kier alpha value is -3.38. The molecule has 0 radical (unpaired) electrons. The number of rotatable bonds is 7. The SMILES string of the molecule is CCCCc1nc2ccnc(Cl)c2n1Cc1ccc(-c2ccccc2OC(=O)OC(C)(C)C)cc1. The Morgan fingerprint density at radius 3 is 2.51 bits per heavy atom. The molecule has 0 atom stereocenters. The van der Waals surface area contributed by atoms with E-state index in [-0.39, 0.29) is 0 Å². The van der Waals surface area contributed by atoms with Crippen LogP contribution in [0.25, 0.3) is 22.2 Å². The normalized spacial score (nSPS) is 11.6. The van der Waals surface area contributed by atoms with Gasteiger partial charge in [-0.1, -0.05) is 67.4 Å². The van der Waals surface area contributed by atoms with E-state index in [1.807, 2.05) is 36.4 Å². The quantitative estimate of drug-likeness (QED) is 0.152. The third-order valence-electron chi connectivity index (χ3n) is 5.52. The van der Waals surface area contributed by atoms with E-state index in [2.05, 4.69) is 28.6 Å². The maximum absolute atomic E-state index is 12.2. The fraction of sp³-hybridized carbons (Fsp3) is 0.321. The van der Waals surface area contributed by atoms with Crippen molar-refractivity contribution in [3.05, 3.63) is 77.3 Å². The number of unbranched alkanes of at least 4 members (excludes halogenated alkanes) is 1. The molecule has 0 spiro atoms. The van der Waals surface area contributed by atoms with E-state index in [9.17, 15) is 4.79 Å². The number of carbonyl (C=O) groups is 1. The summed E-state index contributed by atoms with van der Waals surface area (Å²) in [5.41, 5.74) is 3.96. The minimum atomic E-state index is -0.723. The number of hydrogen-bond acceptors (Lipinski definition) is 5. The van der Waals surface area contributed by atoms with Crippen LogP contribution in [-0.4, -0.2) is 26.3 Å². The summed E-state index contributed by atoms with van der Waals surface area (Å²) in [6, 6.07) is 17.5. The molecule has 2 aromatic carbocycles. The number of carbonyl (C=O) groups excluding carboxylic acids is 1. The predicted molar refractivity (Wildman–Crippen MR) is 139 cm³/mol. The Kier molecular flexibility index (Phi) is 7.41. The molecule has 0 unspecified atom stereocenters. The predicted octanol–water partition coefficient (Wildman–Crippen LogP) is 7.46. The first-order valence-corrected chi connectivity index (χ1v) is 12.2. The van der Waals surface area contributed by atoms with E-state index in [1.54, 1.807) is 33.0 Å². The van der Waals surface area contributed by atoms with Gasteiger partial charge in [0, 0.05) is 24.7 Å². The molecule has 2 aromatic heterocycles. The molecule has 0 saturated heterocycles. The van der Waals surface area contributed by atoms with Crippen molar-refractivity contribution < 1.29 is 14.3 Å². The first-order valence-electron chi connectivity index (χ1n) is 11.8. The highest BCUT2D eigenvalue weighted by Gasteiger charge is 2.20. The van der Waals surface area contributed by atoms with Gasteiger partial charge >= 0.3 is 6.16 Å². The van der Waals surface area contributed by atoms with Crippen molar-refractivity contribution >= 4 is 28.8 Å². The van der Waals surface area contributed by atoms with Crippen molar-refractivity contribution in [3.8, 4) is 16.9 Å². The molecule has 0 bridgehead atoms. The number of aromatic nitrogens is 3. The number of halogens is 1. The smallest absolute Gasteiger partial charge is 0.428 e. The van der Waals surface area contributed by atoms with Gasteiger partial charge in [0.15, 0.2) is 5.15 Å². The number of para-hydroxylation sites is 1. The summed E-state index contributed by atoms with van der Waals surface area (Å²) in [5, 5.41) is 0.461. The van der Waals surface area contributed by atoms with Crippen LogP contribution in [0.2, 0.25) is 5.15 Å². The Bertz CT molecular complexity index is 1320. The lowest BCUT2D eigenvalue weighted by molar-refractivity contribution is 0.0207. The largest absolute Gasteiger partial charge is 0.514 e. The minimum Gasteiger partial charge on any atom is -0.428 e. The third kappa shape index (κ3) is 6.01. The van der Waals surface area contributed by atoms with Crippen LogP contribution in [-0.2, 0) is 17.7 Å². The molecule has 0 amide bonds. The van der Waals surface area contributed by atoms with Crippen molar-refractivity contribution in [2.75, 3.05) is 0 Å². The molecule has 0 N–H and O–H groups in total. The van der Waals surface area contributed by atoms with E-state index in [0.717, 1.165) is 52.8 Å². The molecule has 2 heterocycles. The molecule has 0 fully saturated rings. The zero-order chi connectivity index (χ0) is 25.0. The molecule has 182 valence electrons. The maximum Gasteiger partial charge on any atom is 0.514 e. The van der Waals surface area contributed by atoms with Gasteiger partial charge < -0.3 is 14.0 Å². The average molecular weight is 492 g/mol. The second-order valence-electron chi connectivity index (χ2n) is 9.45. The molecule has 0 aliphatic heterocycles. The van der Waals surface area contributed by atoms with Gasteiger partial charge in [-0.05, 0) is 50.5 Å². The van der Waals surface area contributed by atoms with Crippen molar-refractivity contribution in [2.24, 2.45) is 0 Å². The number of imidazole rings is 1. The molecule has 7 heteroatoms. The first-order chi connectivity index (χ1) is 16.7. The van der Waals surface area contributed by atoms with Crippen molar-refractivity contribution in [1.29, 1.82) is 0 Å². The van der Waals surface area contributed by atoms with Gasteiger partial charge in [-0.15, -0.1) is 0 Å². The lowest BCUT2D eigenvalue weighted by Crippen LogP contribution is -2.26.